The smallest absolute Gasteiger partial charge is 0.142 e. The summed E-state index contributed by atoms with van der Waals surface area (Å²) in [4.78, 5) is 21.5. The lowest BCUT2D eigenvalue weighted by atomic mass is 10.1. The average Bonchev–Trinajstić information content (AvgIpc) is 2.23. The van der Waals surface area contributed by atoms with Crippen molar-refractivity contribution in [3.05, 3.63) is 24.3 Å². The van der Waals surface area contributed by atoms with Crippen LogP contribution >= 0.6 is 0 Å². The molecule has 1 fully saturated rings. The van der Waals surface area contributed by atoms with Crippen LogP contribution in [0.15, 0.2) is 18.5 Å². The molecule has 0 aromatic carbocycles. The van der Waals surface area contributed by atoms with Crippen molar-refractivity contribution < 1.29 is 4.79 Å². The van der Waals surface area contributed by atoms with E-state index in [4.69, 9.17) is 0 Å². The number of likely N-dealkylation sites (tertiary alicyclic amines) is 1. The van der Waals surface area contributed by atoms with Crippen LogP contribution in [0.2, 0.25) is 0 Å². The first-order chi connectivity index (χ1) is 6.84. The van der Waals surface area contributed by atoms with Crippen LogP contribution in [0.5, 0.6) is 0 Å². The molecule has 14 heavy (non-hydrogen) atoms. The molecule has 0 spiro atoms. The number of hydrogen-bond acceptors (Lipinski definition) is 4. The Morgan fingerprint density at radius 1 is 1.21 bits per heavy atom. The fraction of sp³-hybridized carbons (Fsp3) is 0.500. The molecule has 4 heteroatoms. The third kappa shape index (κ3) is 2.35. The van der Waals surface area contributed by atoms with Gasteiger partial charge >= 0.3 is 0 Å². The van der Waals surface area contributed by atoms with Gasteiger partial charge < -0.3 is 0 Å². The molecule has 1 aromatic rings. The summed E-state index contributed by atoms with van der Waals surface area (Å²) in [6.07, 6.45) is 4.84. The number of rotatable bonds is 2. The van der Waals surface area contributed by atoms with Gasteiger partial charge in [0.25, 0.3) is 0 Å². The van der Waals surface area contributed by atoms with Crippen molar-refractivity contribution in [2.75, 3.05) is 13.1 Å². The zero-order chi connectivity index (χ0) is 9.80. The molecule has 1 aliphatic rings. The third-order valence-electron chi connectivity index (χ3n) is 2.40. The number of carbonyl (C=O) groups is 1. The van der Waals surface area contributed by atoms with Crippen LogP contribution in [0.25, 0.3) is 0 Å². The van der Waals surface area contributed by atoms with Crippen molar-refractivity contribution in [1.82, 2.24) is 14.9 Å². The number of ketones is 1. The van der Waals surface area contributed by atoms with Gasteiger partial charge in [0, 0.05) is 38.3 Å². The Bertz CT molecular complexity index is 302. The average molecular weight is 191 g/mol. The van der Waals surface area contributed by atoms with Crippen LogP contribution in [-0.4, -0.2) is 33.7 Å². The van der Waals surface area contributed by atoms with E-state index < -0.39 is 0 Å². The Labute approximate surface area is 83.0 Å². The zero-order valence-electron chi connectivity index (χ0n) is 8.02. The van der Waals surface area contributed by atoms with Crippen molar-refractivity contribution in [3.63, 3.8) is 0 Å². The van der Waals surface area contributed by atoms with E-state index >= 15 is 0 Å². The van der Waals surface area contributed by atoms with E-state index in [0.717, 1.165) is 25.5 Å². The highest BCUT2D eigenvalue weighted by Crippen LogP contribution is 2.07. The number of Topliss-reactive ketones (excluding diaryl/α,β-unsaturated/α-hetero) is 1. The summed E-state index contributed by atoms with van der Waals surface area (Å²) in [6.45, 7) is 2.45. The summed E-state index contributed by atoms with van der Waals surface area (Å²) in [5.74, 6) is 1.21. The minimum atomic E-state index is 0.371. The van der Waals surface area contributed by atoms with E-state index in [1.165, 1.54) is 0 Å². The quantitative estimate of drug-likeness (QED) is 0.688. The van der Waals surface area contributed by atoms with Gasteiger partial charge in [-0.05, 0) is 6.07 Å². The lowest BCUT2D eigenvalue weighted by molar-refractivity contribution is -0.121. The molecule has 0 radical (unpaired) electrons. The first-order valence-electron chi connectivity index (χ1n) is 4.84. The first kappa shape index (κ1) is 9.27. The number of hydrogen-bond donors (Lipinski definition) is 0. The van der Waals surface area contributed by atoms with E-state index in [1.54, 1.807) is 12.4 Å². The van der Waals surface area contributed by atoms with Crippen LogP contribution in [0, 0.1) is 0 Å². The standard InChI is InChI=1S/C10H13N3O/c14-9-2-6-13(7-3-9)8-10-11-4-1-5-12-10/h1,4-5H,2-3,6-8H2. The second-order valence-corrected chi connectivity index (χ2v) is 3.48. The molecule has 0 bridgehead atoms. The van der Waals surface area contributed by atoms with Crippen molar-refractivity contribution in [3.8, 4) is 0 Å². The molecule has 0 unspecified atom stereocenters. The molecular formula is C10H13N3O. The maximum Gasteiger partial charge on any atom is 0.142 e. The minimum absolute atomic E-state index is 0.371. The normalized spacial score (nSPS) is 18.4. The van der Waals surface area contributed by atoms with Crippen molar-refractivity contribution in [1.29, 1.82) is 0 Å². The molecule has 1 aliphatic heterocycles. The summed E-state index contributed by atoms with van der Waals surface area (Å²) in [7, 11) is 0. The van der Waals surface area contributed by atoms with E-state index in [-0.39, 0.29) is 0 Å². The molecule has 74 valence electrons. The molecular weight excluding hydrogens is 178 g/mol. The molecule has 0 N–H and O–H groups in total. The Kier molecular flexibility index (Phi) is 2.84. The van der Waals surface area contributed by atoms with Crippen LogP contribution in [0.4, 0.5) is 0 Å². The molecule has 2 heterocycles. The summed E-state index contributed by atoms with van der Waals surface area (Å²) >= 11 is 0. The van der Waals surface area contributed by atoms with E-state index in [0.29, 0.717) is 18.6 Å². The number of piperidine rings is 1. The van der Waals surface area contributed by atoms with Crippen LogP contribution in [-0.2, 0) is 11.3 Å². The second-order valence-electron chi connectivity index (χ2n) is 3.48. The van der Waals surface area contributed by atoms with Crippen LogP contribution < -0.4 is 0 Å². The van der Waals surface area contributed by atoms with E-state index in [9.17, 15) is 4.79 Å². The summed E-state index contributed by atoms with van der Waals surface area (Å²) in [5.41, 5.74) is 0. The lowest BCUT2D eigenvalue weighted by Gasteiger charge is -2.24. The van der Waals surface area contributed by atoms with Gasteiger partial charge in [0.05, 0.1) is 6.54 Å². The highest BCUT2D eigenvalue weighted by molar-refractivity contribution is 5.79. The maximum absolute atomic E-state index is 11.0. The number of aromatic nitrogens is 2. The topological polar surface area (TPSA) is 46.1 Å². The Hall–Kier alpha value is -1.29. The van der Waals surface area contributed by atoms with Gasteiger partial charge in [0.1, 0.15) is 11.6 Å². The molecule has 0 saturated carbocycles. The largest absolute Gasteiger partial charge is 0.300 e. The highest BCUT2D eigenvalue weighted by atomic mass is 16.1. The van der Waals surface area contributed by atoms with Crippen molar-refractivity contribution in [2.24, 2.45) is 0 Å². The second kappa shape index (κ2) is 4.28. The fourth-order valence-corrected chi connectivity index (χ4v) is 1.57. The monoisotopic (exact) mass is 191 g/mol. The van der Waals surface area contributed by atoms with Gasteiger partial charge in [0.15, 0.2) is 0 Å². The predicted octanol–water partition coefficient (Wildman–Crippen LogP) is 0.642. The molecule has 4 nitrogen and oxygen atoms in total. The Morgan fingerprint density at radius 2 is 1.86 bits per heavy atom. The van der Waals surface area contributed by atoms with Gasteiger partial charge in [-0.3, -0.25) is 9.69 Å². The van der Waals surface area contributed by atoms with Crippen molar-refractivity contribution >= 4 is 5.78 Å². The number of nitrogens with zero attached hydrogens (tertiary/aromatic N) is 3. The summed E-state index contributed by atoms with van der Waals surface area (Å²) in [5, 5.41) is 0. The molecule has 0 aliphatic carbocycles. The number of carbonyl (C=O) groups excluding carboxylic acids is 1. The Morgan fingerprint density at radius 3 is 2.50 bits per heavy atom. The molecule has 0 atom stereocenters. The minimum Gasteiger partial charge on any atom is -0.300 e. The molecule has 2 rings (SSSR count). The summed E-state index contributed by atoms with van der Waals surface area (Å²) in [6, 6.07) is 1.81. The molecule has 1 aromatic heterocycles. The van der Waals surface area contributed by atoms with Crippen molar-refractivity contribution in [2.45, 2.75) is 19.4 Å². The van der Waals surface area contributed by atoms with Crippen LogP contribution in [0.1, 0.15) is 18.7 Å². The van der Waals surface area contributed by atoms with Gasteiger partial charge in [-0.2, -0.15) is 0 Å². The van der Waals surface area contributed by atoms with Gasteiger partial charge in [-0.25, -0.2) is 9.97 Å². The van der Waals surface area contributed by atoms with Gasteiger partial charge in [-0.1, -0.05) is 0 Å². The zero-order valence-corrected chi connectivity index (χ0v) is 8.02. The Balaban J connectivity index is 1.89. The van der Waals surface area contributed by atoms with Crippen LogP contribution in [0.3, 0.4) is 0 Å². The molecule has 0 amide bonds. The van der Waals surface area contributed by atoms with Gasteiger partial charge in [-0.15, -0.1) is 0 Å². The lowest BCUT2D eigenvalue weighted by Crippen LogP contribution is -2.33. The third-order valence-corrected chi connectivity index (χ3v) is 2.40. The fourth-order valence-electron chi connectivity index (χ4n) is 1.57. The SMILES string of the molecule is O=C1CCN(Cc2ncccn2)CC1. The first-order valence-corrected chi connectivity index (χ1v) is 4.84. The predicted molar refractivity (Wildman–Crippen MR) is 51.6 cm³/mol. The van der Waals surface area contributed by atoms with E-state index in [2.05, 4.69) is 14.9 Å². The van der Waals surface area contributed by atoms with Gasteiger partial charge in [0.2, 0.25) is 0 Å². The highest BCUT2D eigenvalue weighted by Gasteiger charge is 2.16. The molecule has 1 saturated heterocycles. The summed E-state index contributed by atoms with van der Waals surface area (Å²) < 4.78 is 0. The van der Waals surface area contributed by atoms with E-state index in [1.807, 2.05) is 6.07 Å². The maximum atomic E-state index is 11.0.